The molecule has 0 saturated heterocycles. The number of nitrogens with two attached hydrogens (primary N) is 1. The number of hydrogen-bond acceptors (Lipinski definition) is 10. The molecule has 0 radical (unpaired) electrons. The maximum absolute atomic E-state index is 13.5. The van der Waals surface area contributed by atoms with Crippen molar-refractivity contribution >= 4 is 55.6 Å². The minimum atomic E-state index is -3.65. The van der Waals surface area contributed by atoms with Gasteiger partial charge in [-0.1, -0.05) is 57.5 Å². The number of carbonyl (C=O) groups is 3. The lowest BCUT2D eigenvalue weighted by Gasteiger charge is -2.24. The number of anilines is 3. The van der Waals surface area contributed by atoms with Crippen molar-refractivity contribution in [2.75, 3.05) is 35.8 Å². The molecule has 0 aliphatic heterocycles. The molecule has 6 N–H and O–H groups in total. The maximum atomic E-state index is 13.5. The zero-order valence-corrected chi connectivity index (χ0v) is 34.2. The van der Waals surface area contributed by atoms with E-state index in [1.165, 1.54) is 14.2 Å². The van der Waals surface area contributed by atoms with Gasteiger partial charge in [0.1, 0.15) is 23.3 Å². The van der Waals surface area contributed by atoms with E-state index in [4.69, 9.17) is 25.1 Å². The lowest BCUT2D eigenvalue weighted by Crippen LogP contribution is -2.29. The number of carboxylic acid groups (broad SMARTS) is 1. The Morgan fingerprint density at radius 1 is 0.845 bits per heavy atom. The highest BCUT2D eigenvalue weighted by Gasteiger charge is 2.23. The van der Waals surface area contributed by atoms with Crippen LogP contribution in [0.25, 0.3) is 10.8 Å². The second-order valence-electron chi connectivity index (χ2n) is 14.9. The number of ketones is 1. The second-order valence-corrected chi connectivity index (χ2v) is 16.6. The molecule has 0 aliphatic rings. The Kier molecular flexibility index (Phi) is 13.6. The molecule has 5 aromatic rings. The number of methoxy groups -OCH3 is 2. The van der Waals surface area contributed by atoms with Crippen LogP contribution in [0.3, 0.4) is 0 Å². The number of hydrogen-bond donors (Lipinski definition) is 5. The standard InChI is InChI=1S/C43H49N5O9S/c1-43(2,3)27-23-35(40(56-5)36(24-27)48-58(6,53)54)47-42(52)46-34-17-18-38(31-12-8-7-11-30(31)34)57-29-19-20-45-28(25-29)21-26-15-16-32(39(22-26)55-4)37(49)14-10-9-13-33(44)41(50)51/h7-8,11-12,15-20,22-25,33,48H,9-10,13-14,21,44H2,1-6H3,(H,50,51)(H2,46,47,52)/t33-/m1/s1. The molecule has 0 fully saturated rings. The summed E-state index contributed by atoms with van der Waals surface area (Å²) in [4.78, 5) is 41.9. The van der Waals surface area contributed by atoms with Gasteiger partial charge in [0.15, 0.2) is 11.5 Å². The third-order valence-corrected chi connectivity index (χ3v) is 9.88. The quantitative estimate of drug-likeness (QED) is 0.0448. The molecule has 2 amide bonds. The summed E-state index contributed by atoms with van der Waals surface area (Å²) < 4.78 is 44.3. The molecule has 0 unspecified atom stereocenters. The van der Waals surface area contributed by atoms with Gasteiger partial charge in [0.25, 0.3) is 0 Å². The predicted octanol–water partition coefficient (Wildman–Crippen LogP) is 8.10. The van der Waals surface area contributed by atoms with Crippen molar-refractivity contribution in [2.45, 2.75) is 64.3 Å². The minimum Gasteiger partial charge on any atom is -0.496 e. The van der Waals surface area contributed by atoms with Crippen LogP contribution in [0.4, 0.5) is 21.9 Å². The number of pyridine rings is 1. The molecule has 1 atom stereocenters. The highest BCUT2D eigenvalue weighted by Crippen LogP contribution is 2.40. The fraction of sp³-hybridized carbons (Fsp3) is 0.302. The molecule has 1 heterocycles. The van der Waals surface area contributed by atoms with Gasteiger partial charge in [0.05, 0.1) is 43.1 Å². The van der Waals surface area contributed by atoms with Crippen LogP contribution in [0, 0.1) is 0 Å². The molecule has 58 heavy (non-hydrogen) atoms. The summed E-state index contributed by atoms with van der Waals surface area (Å²) in [7, 11) is -0.746. The third kappa shape index (κ3) is 11.2. The largest absolute Gasteiger partial charge is 0.496 e. The Bertz CT molecular complexity index is 2430. The lowest BCUT2D eigenvalue weighted by atomic mass is 9.86. The van der Waals surface area contributed by atoms with E-state index in [9.17, 15) is 22.8 Å². The normalized spacial score (nSPS) is 12.1. The molecule has 306 valence electrons. The Morgan fingerprint density at radius 3 is 2.22 bits per heavy atom. The number of aromatic nitrogens is 1. The SMILES string of the molecule is COc1cc(Cc2cc(Oc3ccc(NC(=O)Nc4cc(C(C)(C)C)cc(NS(C)(=O)=O)c4OC)c4ccccc34)ccn2)ccc1C(=O)CCCC[C@@H](N)C(=O)O. The summed E-state index contributed by atoms with van der Waals surface area (Å²) in [5, 5.41) is 16.2. The van der Waals surface area contributed by atoms with E-state index in [-0.39, 0.29) is 34.7 Å². The van der Waals surface area contributed by atoms with Crippen molar-refractivity contribution in [1.29, 1.82) is 0 Å². The van der Waals surface area contributed by atoms with E-state index < -0.39 is 28.1 Å². The monoisotopic (exact) mass is 811 g/mol. The fourth-order valence-corrected chi connectivity index (χ4v) is 6.88. The number of carboxylic acids is 1. The number of nitrogens with zero attached hydrogens (tertiary/aromatic N) is 1. The number of nitrogens with one attached hydrogen (secondary N) is 3. The summed E-state index contributed by atoms with van der Waals surface area (Å²) in [6.45, 7) is 5.93. The van der Waals surface area contributed by atoms with Crippen molar-refractivity contribution in [3.05, 3.63) is 107 Å². The maximum Gasteiger partial charge on any atom is 0.323 e. The Hall–Kier alpha value is -6.19. The number of amides is 2. The Labute approximate surface area is 338 Å². The van der Waals surface area contributed by atoms with E-state index in [0.717, 1.165) is 22.8 Å². The summed E-state index contributed by atoms with van der Waals surface area (Å²) in [5.41, 5.74) is 9.00. The lowest BCUT2D eigenvalue weighted by molar-refractivity contribution is -0.138. The molecule has 5 rings (SSSR count). The Morgan fingerprint density at radius 2 is 1.55 bits per heavy atom. The molecular weight excluding hydrogens is 763 g/mol. The molecule has 0 aliphatic carbocycles. The van der Waals surface area contributed by atoms with Crippen LogP contribution in [0.1, 0.15) is 73.6 Å². The van der Waals surface area contributed by atoms with Gasteiger partial charge >= 0.3 is 12.0 Å². The van der Waals surface area contributed by atoms with Crippen LogP contribution in [-0.2, 0) is 26.7 Å². The van der Waals surface area contributed by atoms with Gasteiger partial charge in [0.2, 0.25) is 10.0 Å². The van der Waals surface area contributed by atoms with Crippen LogP contribution < -0.4 is 35.3 Å². The topological polar surface area (TPSA) is 208 Å². The first kappa shape index (κ1) is 42.9. The van der Waals surface area contributed by atoms with E-state index in [2.05, 4.69) is 20.3 Å². The predicted molar refractivity (Wildman–Crippen MR) is 225 cm³/mol. The molecule has 0 spiro atoms. The number of ether oxygens (including phenoxy) is 3. The molecule has 14 nitrogen and oxygen atoms in total. The Balaban J connectivity index is 1.30. The van der Waals surface area contributed by atoms with Crippen molar-refractivity contribution in [3.63, 3.8) is 0 Å². The van der Waals surface area contributed by atoms with Crippen LogP contribution in [0.2, 0.25) is 0 Å². The fourth-order valence-electron chi connectivity index (χ4n) is 6.33. The van der Waals surface area contributed by atoms with E-state index >= 15 is 0 Å². The van der Waals surface area contributed by atoms with Crippen molar-refractivity contribution in [1.82, 2.24) is 4.98 Å². The number of rotatable bonds is 17. The van der Waals surface area contributed by atoms with Gasteiger partial charge in [0, 0.05) is 41.6 Å². The van der Waals surface area contributed by atoms with Gasteiger partial charge in [-0.3, -0.25) is 19.3 Å². The van der Waals surface area contributed by atoms with Crippen molar-refractivity contribution < 1.29 is 42.1 Å². The number of fused-ring (bicyclic) bond motifs is 1. The zero-order chi connectivity index (χ0) is 42.2. The molecule has 0 saturated carbocycles. The van der Waals surface area contributed by atoms with Crippen LogP contribution in [0.5, 0.6) is 23.0 Å². The van der Waals surface area contributed by atoms with Gasteiger partial charge < -0.3 is 35.7 Å². The molecule has 0 bridgehead atoms. The smallest absolute Gasteiger partial charge is 0.323 e. The van der Waals surface area contributed by atoms with Crippen molar-refractivity contribution in [2.24, 2.45) is 5.73 Å². The van der Waals surface area contributed by atoms with Crippen LogP contribution in [0.15, 0.2) is 85.1 Å². The number of urea groups is 1. The molecule has 1 aromatic heterocycles. The number of sulfonamides is 1. The van der Waals surface area contributed by atoms with Gasteiger partial charge in [-0.15, -0.1) is 0 Å². The van der Waals surface area contributed by atoms with E-state index in [1.54, 1.807) is 48.7 Å². The average molecular weight is 812 g/mol. The number of aliphatic carboxylic acids is 1. The molecular formula is C43H49N5O9S. The van der Waals surface area contributed by atoms with E-state index in [0.29, 0.717) is 65.3 Å². The minimum absolute atomic E-state index is 0.0981. The number of unbranched alkanes of at least 4 members (excludes halogenated alkanes) is 1. The first-order valence-electron chi connectivity index (χ1n) is 18.6. The van der Waals surface area contributed by atoms with Gasteiger partial charge in [-0.2, -0.15) is 0 Å². The highest BCUT2D eigenvalue weighted by molar-refractivity contribution is 7.92. The first-order valence-corrected chi connectivity index (χ1v) is 20.5. The summed E-state index contributed by atoms with van der Waals surface area (Å²) in [6.07, 6.45) is 4.72. The molecule has 4 aromatic carbocycles. The highest BCUT2D eigenvalue weighted by atomic mass is 32.2. The average Bonchev–Trinajstić information content (AvgIpc) is 3.16. The van der Waals surface area contributed by atoms with Crippen molar-refractivity contribution in [3.8, 4) is 23.0 Å². The number of Topliss-reactive ketones (excluding diaryl/α,β-unsaturated/α-hetero) is 1. The van der Waals surface area contributed by atoms with Gasteiger partial charge in [-0.05, 0) is 71.8 Å². The summed E-state index contributed by atoms with van der Waals surface area (Å²) in [5.74, 6) is 0.537. The first-order chi connectivity index (χ1) is 27.4. The van der Waals surface area contributed by atoms with Crippen LogP contribution >= 0.6 is 0 Å². The second kappa shape index (κ2) is 18.4. The van der Waals surface area contributed by atoms with E-state index in [1.807, 2.05) is 57.2 Å². The molecule has 15 heteroatoms. The number of benzene rings is 4. The summed E-state index contributed by atoms with van der Waals surface area (Å²) in [6, 6.07) is 21.9. The zero-order valence-electron chi connectivity index (χ0n) is 33.3. The number of carbonyl (C=O) groups excluding carboxylic acids is 2. The van der Waals surface area contributed by atoms with Crippen LogP contribution in [-0.4, -0.2) is 62.8 Å². The third-order valence-electron chi connectivity index (χ3n) is 9.29. The summed E-state index contributed by atoms with van der Waals surface area (Å²) >= 11 is 0. The van der Waals surface area contributed by atoms with Gasteiger partial charge in [-0.25, -0.2) is 13.2 Å².